The highest BCUT2D eigenvalue weighted by Gasteiger charge is 2.12. The van der Waals surface area contributed by atoms with E-state index >= 15 is 0 Å². The highest BCUT2D eigenvalue weighted by molar-refractivity contribution is 5.87. The van der Waals surface area contributed by atoms with Crippen molar-refractivity contribution in [1.82, 2.24) is 9.38 Å². The number of carbonyl (C=O) groups is 1. The predicted octanol–water partition coefficient (Wildman–Crippen LogP) is 3.41. The summed E-state index contributed by atoms with van der Waals surface area (Å²) in [5.41, 5.74) is 4.42. The lowest BCUT2D eigenvalue weighted by Crippen LogP contribution is -1.91. The summed E-state index contributed by atoms with van der Waals surface area (Å²) in [5.74, 6) is -0.976. The minimum absolute atomic E-state index is 0.763. The molecule has 4 heteroatoms. The third kappa shape index (κ3) is 2.56. The zero-order valence-electron chi connectivity index (χ0n) is 11.5. The Morgan fingerprint density at radius 2 is 2.00 bits per heavy atom. The van der Waals surface area contributed by atoms with E-state index in [9.17, 15) is 4.79 Å². The second kappa shape index (κ2) is 5.25. The number of benzene rings is 1. The standard InChI is InChI=1S/C17H14N2O2/c1-12-9-10-19-14(7-8-16(20)21)17(18-15(19)11-12)13-5-3-2-4-6-13/h2-11H,1H3,(H,20,21). The number of aromatic nitrogens is 2. The Labute approximate surface area is 122 Å². The molecular formula is C17H14N2O2. The van der Waals surface area contributed by atoms with Gasteiger partial charge in [-0.3, -0.25) is 4.40 Å². The van der Waals surface area contributed by atoms with Crippen molar-refractivity contribution < 1.29 is 9.90 Å². The molecular weight excluding hydrogens is 264 g/mol. The van der Waals surface area contributed by atoms with Gasteiger partial charge in [-0.1, -0.05) is 30.3 Å². The van der Waals surface area contributed by atoms with E-state index in [1.165, 1.54) is 0 Å². The van der Waals surface area contributed by atoms with Crippen LogP contribution in [-0.4, -0.2) is 20.5 Å². The molecule has 2 aromatic heterocycles. The number of nitrogens with zero attached hydrogens (tertiary/aromatic N) is 2. The number of fused-ring (bicyclic) bond motifs is 1. The van der Waals surface area contributed by atoms with Crippen molar-refractivity contribution in [3.8, 4) is 11.3 Å². The van der Waals surface area contributed by atoms with Crippen molar-refractivity contribution in [2.75, 3.05) is 0 Å². The average Bonchev–Trinajstić information content (AvgIpc) is 2.83. The SMILES string of the molecule is Cc1ccn2c(C=CC(=O)O)c(-c3ccccc3)nc2c1. The van der Waals surface area contributed by atoms with Gasteiger partial charge in [-0.25, -0.2) is 9.78 Å². The van der Waals surface area contributed by atoms with Crippen molar-refractivity contribution in [2.45, 2.75) is 6.92 Å². The van der Waals surface area contributed by atoms with Gasteiger partial charge in [0.2, 0.25) is 0 Å². The van der Waals surface area contributed by atoms with Crippen molar-refractivity contribution in [3.05, 3.63) is 66.0 Å². The van der Waals surface area contributed by atoms with E-state index in [1.807, 2.05) is 60.0 Å². The van der Waals surface area contributed by atoms with Crippen LogP contribution < -0.4 is 0 Å². The molecule has 0 amide bonds. The van der Waals surface area contributed by atoms with Crippen LogP contribution in [0.5, 0.6) is 0 Å². The summed E-state index contributed by atoms with van der Waals surface area (Å²) in [6, 6.07) is 13.7. The Balaban J connectivity index is 2.27. The van der Waals surface area contributed by atoms with Gasteiger partial charge < -0.3 is 5.11 Å². The maximum Gasteiger partial charge on any atom is 0.328 e. The molecule has 2 heterocycles. The zero-order valence-corrected chi connectivity index (χ0v) is 11.5. The molecule has 0 aliphatic carbocycles. The van der Waals surface area contributed by atoms with Gasteiger partial charge in [-0.2, -0.15) is 0 Å². The number of pyridine rings is 1. The van der Waals surface area contributed by atoms with Gasteiger partial charge in [0.1, 0.15) is 5.65 Å². The molecule has 0 fully saturated rings. The third-order valence-electron chi connectivity index (χ3n) is 3.25. The fourth-order valence-electron chi connectivity index (χ4n) is 2.28. The molecule has 1 N–H and O–H groups in total. The molecule has 21 heavy (non-hydrogen) atoms. The Morgan fingerprint density at radius 1 is 1.24 bits per heavy atom. The number of rotatable bonds is 3. The summed E-state index contributed by atoms with van der Waals surface area (Å²) in [6.07, 6.45) is 4.63. The normalized spacial score (nSPS) is 11.3. The van der Waals surface area contributed by atoms with E-state index in [0.717, 1.165) is 34.2 Å². The molecule has 1 aromatic carbocycles. The van der Waals surface area contributed by atoms with Gasteiger partial charge in [-0.05, 0) is 30.7 Å². The van der Waals surface area contributed by atoms with Crippen LogP contribution in [0, 0.1) is 6.92 Å². The number of aryl methyl sites for hydroxylation is 1. The second-order valence-electron chi connectivity index (χ2n) is 4.82. The quantitative estimate of drug-likeness (QED) is 0.747. The fraction of sp³-hybridized carbons (Fsp3) is 0.0588. The minimum Gasteiger partial charge on any atom is -0.478 e. The summed E-state index contributed by atoms with van der Waals surface area (Å²) < 4.78 is 1.90. The lowest BCUT2D eigenvalue weighted by molar-refractivity contribution is -0.131. The van der Waals surface area contributed by atoms with Gasteiger partial charge >= 0.3 is 5.97 Å². The lowest BCUT2D eigenvalue weighted by atomic mass is 10.1. The second-order valence-corrected chi connectivity index (χ2v) is 4.82. The van der Waals surface area contributed by atoms with Crippen LogP contribution >= 0.6 is 0 Å². The van der Waals surface area contributed by atoms with E-state index in [0.29, 0.717) is 0 Å². The molecule has 0 aliphatic rings. The minimum atomic E-state index is -0.976. The smallest absolute Gasteiger partial charge is 0.328 e. The van der Waals surface area contributed by atoms with Gasteiger partial charge in [0, 0.05) is 17.8 Å². The van der Waals surface area contributed by atoms with Gasteiger partial charge in [0.15, 0.2) is 0 Å². The van der Waals surface area contributed by atoms with E-state index in [2.05, 4.69) is 4.98 Å². The topological polar surface area (TPSA) is 54.6 Å². The number of hydrogen-bond donors (Lipinski definition) is 1. The molecule has 104 valence electrons. The zero-order chi connectivity index (χ0) is 14.8. The number of hydrogen-bond acceptors (Lipinski definition) is 2. The summed E-state index contributed by atoms with van der Waals surface area (Å²) in [7, 11) is 0. The van der Waals surface area contributed by atoms with Crippen molar-refractivity contribution >= 4 is 17.7 Å². The lowest BCUT2D eigenvalue weighted by Gasteiger charge is -2.00. The highest BCUT2D eigenvalue weighted by Crippen LogP contribution is 2.25. The summed E-state index contributed by atoms with van der Waals surface area (Å²) >= 11 is 0. The molecule has 3 aromatic rings. The monoisotopic (exact) mass is 278 g/mol. The average molecular weight is 278 g/mol. The van der Waals surface area contributed by atoms with Crippen LogP contribution in [-0.2, 0) is 4.79 Å². The van der Waals surface area contributed by atoms with E-state index < -0.39 is 5.97 Å². The molecule has 0 saturated carbocycles. The Morgan fingerprint density at radius 3 is 2.71 bits per heavy atom. The summed E-state index contributed by atoms with van der Waals surface area (Å²) in [5, 5.41) is 8.87. The van der Waals surface area contributed by atoms with Gasteiger partial charge in [0.25, 0.3) is 0 Å². The van der Waals surface area contributed by atoms with Crippen LogP contribution in [0.15, 0.2) is 54.7 Å². The number of carboxylic acids is 1. The predicted molar refractivity (Wildman–Crippen MR) is 82.0 cm³/mol. The molecule has 0 aliphatic heterocycles. The first kappa shape index (κ1) is 13.1. The first-order chi connectivity index (χ1) is 10.1. The maximum atomic E-state index is 10.8. The van der Waals surface area contributed by atoms with Crippen LogP contribution in [0.3, 0.4) is 0 Å². The van der Waals surface area contributed by atoms with Crippen molar-refractivity contribution in [1.29, 1.82) is 0 Å². The largest absolute Gasteiger partial charge is 0.478 e. The first-order valence-corrected chi connectivity index (χ1v) is 6.60. The highest BCUT2D eigenvalue weighted by atomic mass is 16.4. The molecule has 0 bridgehead atoms. The molecule has 0 unspecified atom stereocenters. The van der Waals surface area contributed by atoms with Crippen LogP contribution in [0.2, 0.25) is 0 Å². The van der Waals surface area contributed by atoms with E-state index in [1.54, 1.807) is 6.08 Å². The number of aliphatic carboxylic acids is 1. The Hall–Kier alpha value is -2.88. The van der Waals surface area contributed by atoms with Crippen molar-refractivity contribution in [2.24, 2.45) is 0 Å². The van der Waals surface area contributed by atoms with Crippen molar-refractivity contribution in [3.63, 3.8) is 0 Å². The molecule has 0 saturated heterocycles. The number of carboxylic acid groups (broad SMARTS) is 1. The fourth-order valence-corrected chi connectivity index (χ4v) is 2.28. The van der Waals surface area contributed by atoms with Crippen LogP contribution in [0.25, 0.3) is 23.0 Å². The summed E-state index contributed by atoms with van der Waals surface area (Å²) in [6.45, 7) is 2.00. The molecule has 0 spiro atoms. The Bertz CT molecular complexity index is 833. The van der Waals surface area contributed by atoms with Gasteiger partial charge in [0.05, 0.1) is 11.4 Å². The Kier molecular flexibility index (Phi) is 3.28. The van der Waals surface area contributed by atoms with E-state index in [4.69, 9.17) is 5.11 Å². The molecule has 3 rings (SSSR count). The van der Waals surface area contributed by atoms with Crippen LogP contribution in [0.4, 0.5) is 0 Å². The molecule has 4 nitrogen and oxygen atoms in total. The number of imidazole rings is 1. The molecule has 0 radical (unpaired) electrons. The first-order valence-electron chi connectivity index (χ1n) is 6.60. The maximum absolute atomic E-state index is 10.8. The molecule has 0 atom stereocenters. The van der Waals surface area contributed by atoms with Gasteiger partial charge in [-0.15, -0.1) is 0 Å². The van der Waals surface area contributed by atoms with E-state index in [-0.39, 0.29) is 0 Å². The third-order valence-corrected chi connectivity index (χ3v) is 3.25. The summed E-state index contributed by atoms with van der Waals surface area (Å²) in [4.78, 5) is 15.5. The van der Waals surface area contributed by atoms with Crippen LogP contribution in [0.1, 0.15) is 11.3 Å².